The van der Waals surface area contributed by atoms with E-state index in [0.717, 1.165) is 18.4 Å². The first kappa shape index (κ1) is 16.1. The molecule has 2 aromatic heterocycles. The van der Waals surface area contributed by atoms with Crippen molar-refractivity contribution >= 4 is 17.5 Å². The molecule has 3 rings (SSSR count). The monoisotopic (exact) mass is 330 g/mol. The molecule has 8 heteroatoms. The van der Waals surface area contributed by atoms with Crippen LogP contribution in [0.1, 0.15) is 18.4 Å². The second-order valence-corrected chi connectivity index (χ2v) is 5.76. The van der Waals surface area contributed by atoms with Gasteiger partial charge in [0.15, 0.2) is 11.6 Å². The summed E-state index contributed by atoms with van der Waals surface area (Å²) in [6.07, 6.45) is 6.20. The molecule has 24 heavy (non-hydrogen) atoms. The molecule has 1 unspecified atom stereocenters. The normalized spacial score (nSPS) is 17.5. The van der Waals surface area contributed by atoms with Crippen LogP contribution in [0.3, 0.4) is 0 Å². The van der Waals surface area contributed by atoms with E-state index in [1.54, 1.807) is 17.3 Å². The van der Waals surface area contributed by atoms with Crippen LogP contribution in [-0.2, 0) is 11.3 Å². The van der Waals surface area contributed by atoms with E-state index in [9.17, 15) is 9.18 Å². The lowest BCUT2D eigenvalue weighted by Crippen LogP contribution is -2.42. The van der Waals surface area contributed by atoms with Gasteiger partial charge in [-0.2, -0.15) is 4.39 Å². The minimum absolute atomic E-state index is 0.130. The number of halogens is 1. The highest BCUT2D eigenvalue weighted by atomic mass is 19.1. The van der Waals surface area contributed by atoms with Crippen LogP contribution in [0.4, 0.5) is 16.0 Å². The second kappa shape index (κ2) is 7.20. The number of hydrogen-bond donors (Lipinski definition) is 2. The molecule has 1 aliphatic heterocycles. The van der Waals surface area contributed by atoms with E-state index in [2.05, 4.69) is 20.3 Å². The molecular formula is C16H19FN6O. The van der Waals surface area contributed by atoms with E-state index in [0.29, 0.717) is 19.6 Å². The van der Waals surface area contributed by atoms with Crippen molar-refractivity contribution in [3.05, 3.63) is 42.2 Å². The summed E-state index contributed by atoms with van der Waals surface area (Å²) in [7, 11) is 0. The van der Waals surface area contributed by atoms with Crippen molar-refractivity contribution in [1.29, 1.82) is 0 Å². The highest BCUT2D eigenvalue weighted by molar-refractivity contribution is 5.77. The zero-order chi connectivity index (χ0) is 16.9. The molecule has 0 bridgehead atoms. The maximum atomic E-state index is 14.7. The standard InChI is InChI=1S/C16H19FN6O/c17-13-15(20-8-11-3-1-5-19-7-11)21-10-22-16(13)23-6-2-4-12(9-23)14(18)24/h1,3,5,7,10,12H,2,4,6,8-9H2,(H2,18,24)(H,20,21,22). The van der Waals surface area contributed by atoms with Crippen LogP contribution in [0, 0.1) is 11.7 Å². The Hall–Kier alpha value is -2.77. The number of amides is 1. The first-order valence-electron chi connectivity index (χ1n) is 7.82. The van der Waals surface area contributed by atoms with Crippen LogP contribution in [0.2, 0.25) is 0 Å². The van der Waals surface area contributed by atoms with Gasteiger partial charge in [0.1, 0.15) is 6.33 Å². The fourth-order valence-corrected chi connectivity index (χ4v) is 2.79. The average molecular weight is 330 g/mol. The molecule has 0 radical (unpaired) electrons. The van der Waals surface area contributed by atoms with Gasteiger partial charge in [0, 0.05) is 32.0 Å². The number of piperidine rings is 1. The summed E-state index contributed by atoms with van der Waals surface area (Å²) in [5.41, 5.74) is 6.30. The minimum atomic E-state index is -0.522. The zero-order valence-corrected chi connectivity index (χ0v) is 13.2. The third kappa shape index (κ3) is 3.58. The average Bonchev–Trinajstić information content (AvgIpc) is 2.62. The minimum Gasteiger partial charge on any atom is -0.369 e. The Morgan fingerprint density at radius 2 is 2.33 bits per heavy atom. The number of anilines is 2. The first-order valence-corrected chi connectivity index (χ1v) is 7.82. The van der Waals surface area contributed by atoms with E-state index in [1.165, 1.54) is 6.33 Å². The number of primary amides is 1. The molecule has 1 amide bonds. The third-order valence-electron chi connectivity index (χ3n) is 4.08. The number of nitrogens with zero attached hydrogens (tertiary/aromatic N) is 4. The molecule has 1 fully saturated rings. The van der Waals surface area contributed by atoms with E-state index < -0.39 is 5.82 Å². The number of carbonyl (C=O) groups is 1. The van der Waals surface area contributed by atoms with Gasteiger partial charge in [0.2, 0.25) is 11.7 Å². The van der Waals surface area contributed by atoms with Crippen molar-refractivity contribution in [2.24, 2.45) is 11.7 Å². The highest BCUT2D eigenvalue weighted by Gasteiger charge is 2.27. The number of hydrogen-bond acceptors (Lipinski definition) is 6. The van der Waals surface area contributed by atoms with Gasteiger partial charge < -0.3 is 16.0 Å². The summed E-state index contributed by atoms with van der Waals surface area (Å²) in [5, 5.41) is 2.96. The van der Waals surface area contributed by atoms with Crippen molar-refractivity contribution in [2.45, 2.75) is 19.4 Å². The van der Waals surface area contributed by atoms with Crippen molar-refractivity contribution < 1.29 is 9.18 Å². The lowest BCUT2D eigenvalue weighted by molar-refractivity contribution is -0.122. The Balaban J connectivity index is 1.74. The molecule has 0 aromatic carbocycles. The van der Waals surface area contributed by atoms with Crippen molar-refractivity contribution in [2.75, 3.05) is 23.3 Å². The highest BCUT2D eigenvalue weighted by Crippen LogP contribution is 2.26. The number of pyridine rings is 1. The molecular weight excluding hydrogens is 311 g/mol. The number of nitrogens with one attached hydrogen (secondary N) is 1. The van der Waals surface area contributed by atoms with Crippen LogP contribution in [0.25, 0.3) is 0 Å². The van der Waals surface area contributed by atoms with Crippen LogP contribution in [-0.4, -0.2) is 33.9 Å². The maximum absolute atomic E-state index is 14.7. The summed E-state index contributed by atoms with van der Waals surface area (Å²) in [4.78, 5) is 25.2. The summed E-state index contributed by atoms with van der Waals surface area (Å²) >= 11 is 0. The second-order valence-electron chi connectivity index (χ2n) is 5.76. The topological polar surface area (TPSA) is 97.0 Å². The van der Waals surface area contributed by atoms with Gasteiger partial charge in [-0.3, -0.25) is 9.78 Å². The van der Waals surface area contributed by atoms with E-state index in [4.69, 9.17) is 5.73 Å². The Kier molecular flexibility index (Phi) is 4.83. The van der Waals surface area contributed by atoms with Gasteiger partial charge in [0.25, 0.3) is 0 Å². The molecule has 7 nitrogen and oxygen atoms in total. The Bertz CT molecular complexity index is 711. The van der Waals surface area contributed by atoms with Gasteiger partial charge in [-0.05, 0) is 24.5 Å². The number of carbonyl (C=O) groups excluding carboxylic acids is 1. The zero-order valence-electron chi connectivity index (χ0n) is 13.2. The SMILES string of the molecule is NC(=O)C1CCCN(c2ncnc(NCc3cccnc3)c2F)C1. The quantitative estimate of drug-likeness (QED) is 0.858. The molecule has 3 heterocycles. The molecule has 2 aromatic rings. The lowest BCUT2D eigenvalue weighted by atomic mass is 9.97. The van der Waals surface area contributed by atoms with Crippen LogP contribution < -0.4 is 16.0 Å². The largest absolute Gasteiger partial charge is 0.369 e. The molecule has 1 saturated heterocycles. The molecule has 0 saturated carbocycles. The number of aromatic nitrogens is 3. The summed E-state index contributed by atoms with van der Waals surface area (Å²) in [6, 6.07) is 3.71. The van der Waals surface area contributed by atoms with Gasteiger partial charge in [-0.1, -0.05) is 6.07 Å². The summed E-state index contributed by atoms with van der Waals surface area (Å²) < 4.78 is 14.7. The smallest absolute Gasteiger partial charge is 0.222 e. The van der Waals surface area contributed by atoms with E-state index >= 15 is 0 Å². The number of nitrogens with two attached hydrogens (primary N) is 1. The third-order valence-corrected chi connectivity index (χ3v) is 4.08. The summed E-state index contributed by atoms with van der Waals surface area (Å²) in [6.45, 7) is 1.43. The predicted molar refractivity (Wildman–Crippen MR) is 87.7 cm³/mol. The van der Waals surface area contributed by atoms with Gasteiger partial charge >= 0.3 is 0 Å². The predicted octanol–water partition coefficient (Wildman–Crippen LogP) is 1.32. The molecule has 1 aliphatic rings. The lowest BCUT2D eigenvalue weighted by Gasteiger charge is -2.32. The van der Waals surface area contributed by atoms with Crippen LogP contribution in [0.15, 0.2) is 30.9 Å². The Labute approximate surface area is 139 Å². The molecule has 0 aliphatic carbocycles. The Morgan fingerprint density at radius 3 is 3.08 bits per heavy atom. The maximum Gasteiger partial charge on any atom is 0.222 e. The van der Waals surface area contributed by atoms with Crippen LogP contribution in [0.5, 0.6) is 0 Å². The van der Waals surface area contributed by atoms with Gasteiger partial charge in [-0.15, -0.1) is 0 Å². The van der Waals surface area contributed by atoms with Gasteiger partial charge in [0.05, 0.1) is 5.92 Å². The first-order chi connectivity index (χ1) is 11.6. The molecule has 126 valence electrons. The number of rotatable bonds is 5. The van der Waals surface area contributed by atoms with E-state index in [1.807, 2.05) is 12.1 Å². The Morgan fingerprint density at radius 1 is 1.46 bits per heavy atom. The van der Waals surface area contributed by atoms with Crippen LogP contribution >= 0.6 is 0 Å². The van der Waals surface area contributed by atoms with Crippen molar-refractivity contribution in [3.63, 3.8) is 0 Å². The summed E-state index contributed by atoms with van der Waals surface area (Å²) in [5.74, 6) is -0.829. The fraction of sp³-hybridized carbons (Fsp3) is 0.375. The molecule has 3 N–H and O–H groups in total. The van der Waals surface area contributed by atoms with Crippen molar-refractivity contribution in [1.82, 2.24) is 15.0 Å². The van der Waals surface area contributed by atoms with Crippen molar-refractivity contribution in [3.8, 4) is 0 Å². The van der Waals surface area contributed by atoms with E-state index in [-0.39, 0.29) is 23.5 Å². The molecule has 1 atom stereocenters. The fourth-order valence-electron chi connectivity index (χ4n) is 2.79. The van der Waals surface area contributed by atoms with Gasteiger partial charge in [-0.25, -0.2) is 9.97 Å². The molecule has 0 spiro atoms.